The minimum absolute atomic E-state index is 0.491. The van der Waals surface area contributed by atoms with E-state index in [-0.39, 0.29) is 0 Å². The summed E-state index contributed by atoms with van der Waals surface area (Å²) in [5, 5.41) is 6.80. The fraction of sp³-hybridized carbons (Fsp3) is 0.941. The van der Waals surface area contributed by atoms with Crippen molar-refractivity contribution in [1.29, 1.82) is 0 Å². The predicted octanol–water partition coefficient (Wildman–Crippen LogP) is 0.561. The Labute approximate surface area is 147 Å². The number of methoxy groups -OCH3 is 1. The van der Waals surface area contributed by atoms with Crippen molar-refractivity contribution in [2.75, 3.05) is 73.4 Å². The van der Waals surface area contributed by atoms with Crippen molar-refractivity contribution in [2.45, 2.75) is 26.3 Å². The second-order valence-corrected chi connectivity index (χ2v) is 6.30. The first-order valence-electron chi connectivity index (χ1n) is 9.02. The lowest BCUT2D eigenvalue weighted by Gasteiger charge is -2.37. The van der Waals surface area contributed by atoms with Crippen LogP contribution < -0.4 is 10.6 Å². The average molecular weight is 345 g/mol. The minimum Gasteiger partial charge on any atom is -0.382 e. The number of hydrogen-bond donors (Lipinski definition) is 2. The molecule has 1 heterocycles. The molecule has 0 aromatic carbocycles. The zero-order chi connectivity index (χ0) is 17.6. The molecular formula is C17H36N4O3. The Morgan fingerprint density at radius 1 is 1.17 bits per heavy atom. The van der Waals surface area contributed by atoms with Crippen LogP contribution in [0.5, 0.6) is 0 Å². The van der Waals surface area contributed by atoms with Crippen molar-refractivity contribution in [3.63, 3.8) is 0 Å². The third-order valence-electron chi connectivity index (χ3n) is 4.18. The Morgan fingerprint density at radius 2 is 1.92 bits per heavy atom. The van der Waals surface area contributed by atoms with Crippen LogP contribution >= 0.6 is 0 Å². The summed E-state index contributed by atoms with van der Waals surface area (Å²) in [5.74, 6) is 1.44. The van der Waals surface area contributed by atoms with Crippen molar-refractivity contribution in [2.24, 2.45) is 10.9 Å². The van der Waals surface area contributed by atoms with E-state index in [1.165, 1.54) is 0 Å². The molecule has 1 fully saturated rings. The highest BCUT2D eigenvalue weighted by Gasteiger charge is 2.23. The second kappa shape index (κ2) is 13.4. The van der Waals surface area contributed by atoms with E-state index in [2.05, 4.69) is 34.4 Å². The van der Waals surface area contributed by atoms with Gasteiger partial charge < -0.3 is 24.8 Å². The standard InChI is InChI=1S/C17H36N4O3/c1-15(2)16(21-7-10-24-11-8-21)14-20-17(18-3)19-6-5-9-23-13-12-22-4/h15-16H,5-14H2,1-4H3,(H2,18,19,20). The number of ether oxygens (including phenoxy) is 3. The van der Waals surface area contributed by atoms with Crippen molar-refractivity contribution in [3.05, 3.63) is 0 Å². The zero-order valence-corrected chi connectivity index (χ0v) is 15.8. The van der Waals surface area contributed by atoms with Crippen LogP contribution in [0.3, 0.4) is 0 Å². The van der Waals surface area contributed by atoms with E-state index in [4.69, 9.17) is 14.2 Å². The number of nitrogens with one attached hydrogen (secondary N) is 2. The normalized spacial score (nSPS) is 18.0. The summed E-state index contributed by atoms with van der Waals surface area (Å²) < 4.78 is 15.9. The molecule has 0 spiro atoms. The van der Waals surface area contributed by atoms with Gasteiger partial charge in [-0.25, -0.2) is 0 Å². The molecule has 2 N–H and O–H groups in total. The van der Waals surface area contributed by atoms with Crippen LogP contribution in [0.2, 0.25) is 0 Å². The summed E-state index contributed by atoms with van der Waals surface area (Å²) in [6.07, 6.45) is 0.946. The summed E-state index contributed by atoms with van der Waals surface area (Å²) in [5.41, 5.74) is 0. The summed E-state index contributed by atoms with van der Waals surface area (Å²) in [6.45, 7) is 12.0. The third-order valence-corrected chi connectivity index (χ3v) is 4.18. The van der Waals surface area contributed by atoms with Gasteiger partial charge in [-0.3, -0.25) is 9.89 Å². The topological polar surface area (TPSA) is 67.4 Å². The summed E-state index contributed by atoms with van der Waals surface area (Å²) in [6, 6.07) is 0.491. The predicted molar refractivity (Wildman–Crippen MR) is 97.7 cm³/mol. The molecular weight excluding hydrogens is 308 g/mol. The zero-order valence-electron chi connectivity index (χ0n) is 15.8. The first-order chi connectivity index (χ1) is 11.7. The van der Waals surface area contributed by atoms with E-state index < -0.39 is 0 Å². The van der Waals surface area contributed by atoms with Crippen LogP contribution in [0.4, 0.5) is 0 Å². The Hall–Kier alpha value is -0.890. The molecule has 0 bridgehead atoms. The van der Waals surface area contributed by atoms with Crippen LogP contribution in [0.15, 0.2) is 4.99 Å². The molecule has 0 aliphatic carbocycles. The van der Waals surface area contributed by atoms with E-state index in [9.17, 15) is 0 Å². The highest BCUT2D eigenvalue weighted by Crippen LogP contribution is 2.12. The molecule has 7 nitrogen and oxygen atoms in total. The Balaban J connectivity index is 2.23. The molecule has 1 aliphatic heterocycles. The number of hydrogen-bond acceptors (Lipinski definition) is 5. The highest BCUT2D eigenvalue weighted by molar-refractivity contribution is 5.79. The molecule has 0 aromatic rings. The smallest absolute Gasteiger partial charge is 0.191 e. The first-order valence-corrected chi connectivity index (χ1v) is 9.02. The average Bonchev–Trinajstić information content (AvgIpc) is 2.60. The molecule has 1 aliphatic rings. The third kappa shape index (κ3) is 8.82. The quantitative estimate of drug-likeness (QED) is 0.324. The van der Waals surface area contributed by atoms with E-state index in [0.29, 0.717) is 25.2 Å². The van der Waals surface area contributed by atoms with Crippen LogP contribution in [0, 0.1) is 5.92 Å². The molecule has 0 radical (unpaired) electrons. The molecule has 1 unspecified atom stereocenters. The van der Waals surface area contributed by atoms with Gasteiger partial charge in [-0.1, -0.05) is 13.8 Å². The molecule has 0 aromatic heterocycles. The van der Waals surface area contributed by atoms with Gasteiger partial charge in [0.15, 0.2) is 5.96 Å². The van der Waals surface area contributed by atoms with E-state index in [1.807, 2.05) is 7.05 Å². The molecule has 0 amide bonds. The monoisotopic (exact) mass is 344 g/mol. The fourth-order valence-corrected chi connectivity index (χ4v) is 2.74. The molecule has 1 atom stereocenters. The largest absolute Gasteiger partial charge is 0.382 e. The maximum atomic E-state index is 5.46. The Bertz CT molecular complexity index is 334. The molecule has 24 heavy (non-hydrogen) atoms. The Morgan fingerprint density at radius 3 is 2.54 bits per heavy atom. The van der Waals surface area contributed by atoms with Crippen molar-refractivity contribution in [3.8, 4) is 0 Å². The van der Waals surface area contributed by atoms with Crippen molar-refractivity contribution < 1.29 is 14.2 Å². The molecule has 0 saturated carbocycles. The molecule has 7 heteroatoms. The number of morpholine rings is 1. The van der Waals surface area contributed by atoms with Gasteiger partial charge in [-0.2, -0.15) is 0 Å². The number of aliphatic imine (C=N–C) groups is 1. The van der Waals surface area contributed by atoms with Gasteiger partial charge >= 0.3 is 0 Å². The number of nitrogens with zero attached hydrogens (tertiary/aromatic N) is 2. The second-order valence-electron chi connectivity index (χ2n) is 6.30. The molecule has 1 rings (SSSR count). The maximum Gasteiger partial charge on any atom is 0.191 e. The Kier molecular flexibility index (Phi) is 11.8. The summed E-state index contributed by atoms with van der Waals surface area (Å²) in [4.78, 5) is 6.81. The van der Waals surface area contributed by atoms with Crippen LogP contribution in [0.1, 0.15) is 20.3 Å². The van der Waals surface area contributed by atoms with Gasteiger partial charge in [0, 0.05) is 53.0 Å². The first kappa shape index (κ1) is 21.2. The highest BCUT2D eigenvalue weighted by atomic mass is 16.5. The minimum atomic E-state index is 0.491. The number of guanidine groups is 1. The molecule has 1 saturated heterocycles. The van der Waals surface area contributed by atoms with Gasteiger partial charge in [0.25, 0.3) is 0 Å². The maximum absolute atomic E-state index is 5.46. The van der Waals surface area contributed by atoms with Crippen molar-refractivity contribution >= 4 is 5.96 Å². The SMILES string of the molecule is CN=C(NCCCOCCOC)NCC(C(C)C)N1CCOCC1. The van der Waals surface area contributed by atoms with E-state index in [0.717, 1.165) is 58.4 Å². The van der Waals surface area contributed by atoms with Crippen LogP contribution in [-0.4, -0.2) is 90.3 Å². The lowest BCUT2D eigenvalue weighted by atomic mass is 10.0. The fourth-order valence-electron chi connectivity index (χ4n) is 2.74. The van der Waals surface area contributed by atoms with Gasteiger partial charge in [-0.15, -0.1) is 0 Å². The van der Waals surface area contributed by atoms with Crippen LogP contribution in [-0.2, 0) is 14.2 Å². The lowest BCUT2D eigenvalue weighted by molar-refractivity contribution is 0.00752. The molecule has 142 valence electrons. The summed E-state index contributed by atoms with van der Waals surface area (Å²) in [7, 11) is 3.49. The van der Waals surface area contributed by atoms with Gasteiger partial charge in [0.1, 0.15) is 0 Å². The van der Waals surface area contributed by atoms with Crippen molar-refractivity contribution in [1.82, 2.24) is 15.5 Å². The van der Waals surface area contributed by atoms with Gasteiger partial charge in [0.2, 0.25) is 0 Å². The van der Waals surface area contributed by atoms with E-state index in [1.54, 1.807) is 7.11 Å². The van der Waals surface area contributed by atoms with E-state index >= 15 is 0 Å². The number of rotatable bonds is 11. The lowest BCUT2D eigenvalue weighted by Crippen LogP contribution is -2.52. The van der Waals surface area contributed by atoms with Gasteiger partial charge in [-0.05, 0) is 12.3 Å². The van der Waals surface area contributed by atoms with Gasteiger partial charge in [0.05, 0.1) is 26.4 Å². The summed E-state index contributed by atoms with van der Waals surface area (Å²) >= 11 is 0. The van der Waals surface area contributed by atoms with Crippen LogP contribution in [0.25, 0.3) is 0 Å².